The average Bonchev–Trinajstić information content (AvgIpc) is 3.09. The maximum atomic E-state index is 13.6. The number of pyridine rings is 2. The van der Waals surface area contributed by atoms with Gasteiger partial charge < -0.3 is 14.0 Å². The highest BCUT2D eigenvalue weighted by molar-refractivity contribution is 6.10. The van der Waals surface area contributed by atoms with E-state index in [-0.39, 0.29) is 35.8 Å². The van der Waals surface area contributed by atoms with Crippen LogP contribution in [0.4, 0.5) is 0 Å². The number of rotatable bonds is 6. The van der Waals surface area contributed by atoms with E-state index in [9.17, 15) is 14.4 Å². The first kappa shape index (κ1) is 20.3. The first-order valence-electron chi connectivity index (χ1n) is 9.78. The number of carbonyl (C=O) groups is 2. The largest absolute Gasteiger partial charge is 0.493 e. The molecule has 31 heavy (non-hydrogen) atoms. The van der Waals surface area contributed by atoms with Crippen LogP contribution >= 0.6 is 0 Å². The van der Waals surface area contributed by atoms with Crippen LogP contribution in [0.5, 0.6) is 5.75 Å². The van der Waals surface area contributed by atoms with E-state index in [1.807, 2.05) is 6.07 Å². The van der Waals surface area contributed by atoms with Crippen LogP contribution in [0, 0.1) is 0 Å². The third kappa shape index (κ3) is 3.26. The van der Waals surface area contributed by atoms with E-state index in [2.05, 4.69) is 4.98 Å². The van der Waals surface area contributed by atoms with E-state index in [1.165, 1.54) is 11.7 Å². The predicted molar refractivity (Wildman–Crippen MR) is 116 cm³/mol. The van der Waals surface area contributed by atoms with Gasteiger partial charge in [0, 0.05) is 24.2 Å². The Balaban J connectivity index is 2.04. The van der Waals surface area contributed by atoms with Gasteiger partial charge in [-0.15, -0.1) is 0 Å². The van der Waals surface area contributed by atoms with Gasteiger partial charge in [0.2, 0.25) is 0 Å². The Kier molecular flexibility index (Phi) is 5.29. The minimum atomic E-state index is -0.596. The molecule has 158 valence electrons. The molecule has 0 aliphatic carbocycles. The standard InChI is InChI=1S/C23H21N3O5/c1-4-31-23(29)19-20(30-3)17-18(25(19)2)15-11-8-12-24-21(15)26(22(17)28)13-16(27)14-9-6-5-7-10-14/h5-12H,4,13H2,1-3H3. The van der Waals surface area contributed by atoms with Gasteiger partial charge in [0.05, 0.1) is 25.8 Å². The van der Waals surface area contributed by atoms with Gasteiger partial charge in [-0.05, 0) is 19.1 Å². The molecule has 3 aromatic heterocycles. The zero-order valence-corrected chi connectivity index (χ0v) is 17.4. The van der Waals surface area contributed by atoms with Crippen molar-refractivity contribution in [2.24, 2.45) is 7.05 Å². The van der Waals surface area contributed by atoms with Crippen molar-refractivity contribution in [1.29, 1.82) is 0 Å². The van der Waals surface area contributed by atoms with E-state index in [0.29, 0.717) is 22.1 Å². The smallest absolute Gasteiger partial charge is 0.358 e. The Morgan fingerprint density at radius 1 is 1.10 bits per heavy atom. The first-order valence-corrected chi connectivity index (χ1v) is 9.78. The molecule has 0 saturated heterocycles. The molecule has 4 aromatic rings. The molecule has 0 radical (unpaired) electrons. The van der Waals surface area contributed by atoms with E-state index >= 15 is 0 Å². The van der Waals surface area contributed by atoms with Gasteiger partial charge in [-0.1, -0.05) is 30.3 Å². The Hall–Kier alpha value is -3.94. The molecule has 8 nitrogen and oxygen atoms in total. The molecule has 0 N–H and O–H groups in total. The van der Waals surface area contributed by atoms with E-state index < -0.39 is 11.5 Å². The summed E-state index contributed by atoms with van der Waals surface area (Å²) in [6, 6.07) is 12.3. The van der Waals surface area contributed by atoms with Crippen molar-refractivity contribution >= 4 is 33.7 Å². The molecule has 0 atom stereocenters. The van der Waals surface area contributed by atoms with Crippen LogP contribution in [0.25, 0.3) is 21.9 Å². The van der Waals surface area contributed by atoms with Gasteiger partial charge >= 0.3 is 5.97 Å². The van der Waals surface area contributed by atoms with Crippen LogP contribution in [-0.2, 0) is 18.3 Å². The number of esters is 1. The molecule has 0 fully saturated rings. The fraction of sp³-hybridized carbons (Fsp3) is 0.217. The molecular weight excluding hydrogens is 398 g/mol. The molecule has 3 heterocycles. The second kappa shape index (κ2) is 8.06. The summed E-state index contributed by atoms with van der Waals surface area (Å²) in [4.78, 5) is 43.4. The molecule has 0 amide bonds. The number of aromatic nitrogens is 3. The van der Waals surface area contributed by atoms with Crippen LogP contribution < -0.4 is 10.3 Å². The SMILES string of the molecule is CCOC(=O)c1c(OC)c2c(=O)n(CC(=O)c3ccccc3)c3ncccc3c2n1C. The van der Waals surface area contributed by atoms with Gasteiger partial charge in [-0.25, -0.2) is 9.78 Å². The predicted octanol–water partition coefficient (Wildman–Crippen LogP) is 2.96. The summed E-state index contributed by atoms with van der Waals surface area (Å²) in [6.07, 6.45) is 1.56. The second-order valence-electron chi connectivity index (χ2n) is 6.94. The first-order chi connectivity index (χ1) is 15.0. The van der Waals surface area contributed by atoms with Crippen molar-refractivity contribution in [2.45, 2.75) is 13.5 Å². The lowest BCUT2D eigenvalue weighted by Gasteiger charge is -2.11. The summed E-state index contributed by atoms with van der Waals surface area (Å²) < 4.78 is 13.6. The maximum Gasteiger partial charge on any atom is 0.358 e. The van der Waals surface area contributed by atoms with E-state index in [4.69, 9.17) is 9.47 Å². The van der Waals surface area contributed by atoms with Crippen molar-refractivity contribution < 1.29 is 19.1 Å². The number of aryl methyl sites for hydroxylation is 1. The number of ether oxygens (including phenoxy) is 2. The summed E-state index contributed by atoms with van der Waals surface area (Å²) in [5.41, 5.74) is 1.01. The molecule has 0 spiro atoms. The van der Waals surface area contributed by atoms with E-state index in [1.54, 1.807) is 61.1 Å². The molecule has 0 bridgehead atoms. The molecule has 1 aromatic carbocycles. The highest BCUT2D eigenvalue weighted by atomic mass is 16.5. The lowest BCUT2D eigenvalue weighted by atomic mass is 10.1. The summed E-state index contributed by atoms with van der Waals surface area (Å²) in [7, 11) is 3.06. The Labute approximate surface area is 177 Å². The summed E-state index contributed by atoms with van der Waals surface area (Å²) >= 11 is 0. The zero-order chi connectivity index (χ0) is 22.1. The third-order valence-corrected chi connectivity index (χ3v) is 5.18. The number of ketones is 1. The van der Waals surface area contributed by atoms with Gasteiger partial charge in [0.15, 0.2) is 17.2 Å². The molecule has 8 heteroatoms. The van der Waals surface area contributed by atoms with Crippen molar-refractivity contribution in [1.82, 2.24) is 14.1 Å². The van der Waals surface area contributed by atoms with E-state index in [0.717, 1.165) is 0 Å². The Morgan fingerprint density at radius 3 is 2.52 bits per heavy atom. The fourth-order valence-electron chi connectivity index (χ4n) is 3.83. The number of benzene rings is 1. The van der Waals surface area contributed by atoms with Gasteiger partial charge in [-0.2, -0.15) is 0 Å². The number of nitrogens with zero attached hydrogens (tertiary/aromatic N) is 3. The third-order valence-electron chi connectivity index (χ3n) is 5.18. The number of methoxy groups -OCH3 is 1. The Morgan fingerprint density at radius 2 is 1.84 bits per heavy atom. The number of hydrogen-bond donors (Lipinski definition) is 0. The topological polar surface area (TPSA) is 92.4 Å². The van der Waals surface area contributed by atoms with Crippen LogP contribution in [0.1, 0.15) is 27.8 Å². The van der Waals surface area contributed by atoms with Crippen LogP contribution in [0.2, 0.25) is 0 Å². The van der Waals surface area contributed by atoms with Crippen LogP contribution in [0.3, 0.4) is 0 Å². The van der Waals surface area contributed by atoms with Gasteiger partial charge in [0.25, 0.3) is 5.56 Å². The van der Waals surface area contributed by atoms with Crippen molar-refractivity contribution in [3.63, 3.8) is 0 Å². The number of hydrogen-bond acceptors (Lipinski definition) is 6. The number of carbonyl (C=O) groups excluding carboxylic acids is 2. The summed E-state index contributed by atoms with van der Waals surface area (Å²) in [6.45, 7) is 1.69. The van der Waals surface area contributed by atoms with Crippen LogP contribution in [-0.4, -0.2) is 39.6 Å². The average molecular weight is 419 g/mol. The highest BCUT2D eigenvalue weighted by Gasteiger charge is 2.28. The van der Waals surface area contributed by atoms with Gasteiger partial charge in [0.1, 0.15) is 11.0 Å². The molecule has 0 saturated carbocycles. The minimum absolute atomic E-state index is 0.118. The molecule has 0 unspecified atom stereocenters. The quantitative estimate of drug-likeness (QED) is 0.352. The van der Waals surface area contributed by atoms with Crippen molar-refractivity contribution in [3.05, 3.63) is 70.3 Å². The van der Waals surface area contributed by atoms with Gasteiger partial charge in [-0.3, -0.25) is 14.2 Å². The molecular formula is C23H21N3O5. The molecule has 4 rings (SSSR count). The Bertz CT molecular complexity index is 1370. The van der Waals surface area contributed by atoms with Crippen LogP contribution in [0.15, 0.2) is 53.5 Å². The lowest BCUT2D eigenvalue weighted by molar-refractivity contribution is 0.0512. The summed E-state index contributed by atoms with van der Waals surface area (Å²) in [5.74, 6) is -0.705. The number of fused-ring (bicyclic) bond motifs is 3. The van der Waals surface area contributed by atoms with Crippen molar-refractivity contribution in [3.8, 4) is 5.75 Å². The zero-order valence-electron chi connectivity index (χ0n) is 17.4. The monoisotopic (exact) mass is 419 g/mol. The fourth-order valence-corrected chi connectivity index (χ4v) is 3.83. The minimum Gasteiger partial charge on any atom is -0.493 e. The lowest BCUT2D eigenvalue weighted by Crippen LogP contribution is -2.25. The van der Waals surface area contributed by atoms with Crippen molar-refractivity contribution in [2.75, 3.05) is 13.7 Å². The molecule has 0 aliphatic heterocycles. The maximum absolute atomic E-state index is 13.6. The molecule has 0 aliphatic rings. The second-order valence-corrected chi connectivity index (χ2v) is 6.94. The highest BCUT2D eigenvalue weighted by Crippen LogP contribution is 2.34. The normalized spacial score (nSPS) is 11.1. The number of Topliss-reactive ketones (excluding diaryl/α,β-unsaturated/α-hetero) is 1. The summed E-state index contributed by atoms with van der Waals surface area (Å²) in [5, 5.41) is 0.823.